The lowest BCUT2D eigenvalue weighted by Gasteiger charge is -2.61. The molecule has 5 nitrogen and oxygen atoms in total. The van der Waals surface area contributed by atoms with Crippen LogP contribution >= 0.6 is 0 Å². The molecular formula is C24H29FO5. The smallest absolute Gasteiger partial charge is 0.305 e. The molecule has 0 aromatic rings. The van der Waals surface area contributed by atoms with Crippen molar-refractivity contribution in [1.82, 2.24) is 0 Å². The molecule has 0 aromatic heterocycles. The summed E-state index contributed by atoms with van der Waals surface area (Å²) in [7, 11) is 0. The number of rotatable bonds is 4. The molecular weight excluding hydrogens is 387 g/mol. The van der Waals surface area contributed by atoms with E-state index in [0.717, 1.165) is 5.57 Å². The number of allylic oxidation sites excluding steroid dienone is 5. The van der Waals surface area contributed by atoms with Crippen molar-refractivity contribution in [2.75, 3.05) is 6.61 Å². The lowest BCUT2D eigenvalue weighted by atomic mass is 9.45. The monoisotopic (exact) mass is 416 g/mol. The van der Waals surface area contributed by atoms with Crippen molar-refractivity contribution >= 4 is 17.5 Å². The number of aliphatic hydroxyl groups excluding tert-OH is 1. The minimum absolute atomic E-state index is 0.120. The maximum Gasteiger partial charge on any atom is 0.305 e. The first-order chi connectivity index (χ1) is 14.1. The Morgan fingerprint density at radius 3 is 2.73 bits per heavy atom. The third-order valence-corrected chi connectivity index (χ3v) is 8.18. The van der Waals surface area contributed by atoms with Gasteiger partial charge < -0.3 is 9.84 Å². The number of carbonyl (C=O) groups is 3. The Kier molecular flexibility index (Phi) is 4.92. The van der Waals surface area contributed by atoms with E-state index >= 15 is 4.39 Å². The molecule has 0 spiro atoms. The van der Waals surface area contributed by atoms with E-state index in [1.165, 1.54) is 12.2 Å². The first kappa shape index (κ1) is 21.2. The van der Waals surface area contributed by atoms with Crippen LogP contribution in [0.25, 0.3) is 0 Å². The molecule has 4 aliphatic carbocycles. The van der Waals surface area contributed by atoms with Crippen molar-refractivity contribution in [2.24, 2.45) is 22.7 Å². The Bertz CT molecular complexity index is 901. The maximum atomic E-state index is 16.9. The van der Waals surface area contributed by atoms with Crippen LogP contribution in [0.3, 0.4) is 0 Å². The Morgan fingerprint density at radius 1 is 1.30 bits per heavy atom. The minimum Gasteiger partial charge on any atom is -0.457 e. The Morgan fingerprint density at radius 2 is 2.03 bits per heavy atom. The molecule has 1 N–H and O–H groups in total. The van der Waals surface area contributed by atoms with Crippen molar-refractivity contribution < 1.29 is 28.6 Å². The van der Waals surface area contributed by atoms with E-state index in [1.807, 2.05) is 13.0 Å². The fraction of sp³-hybridized carbons (Fsp3) is 0.625. The van der Waals surface area contributed by atoms with Gasteiger partial charge in [-0.25, -0.2) is 4.39 Å². The van der Waals surface area contributed by atoms with Gasteiger partial charge in [0, 0.05) is 28.7 Å². The van der Waals surface area contributed by atoms with Gasteiger partial charge in [-0.05, 0) is 50.7 Å². The summed E-state index contributed by atoms with van der Waals surface area (Å²) < 4.78 is 21.9. The third kappa shape index (κ3) is 2.72. The highest BCUT2D eigenvalue weighted by molar-refractivity contribution is 6.01. The number of aliphatic hydroxyl groups is 1. The zero-order valence-electron chi connectivity index (χ0n) is 17.7. The first-order valence-electron chi connectivity index (χ1n) is 10.8. The summed E-state index contributed by atoms with van der Waals surface area (Å²) in [5.74, 6) is -1.42. The number of alkyl halides is 1. The summed E-state index contributed by atoms with van der Waals surface area (Å²) in [5, 5.41) is 11.2. The van der Waals surface area contributed by atoms with E-state index in [9.17, 15) is 19.5 Å². The Hall–Kier alpha value is -2.08. The Labute approximate surface area is 176 Å². The summed E-state index contributed by atoms with van der Waals surface area (Å²) in [6, 6.07) is 0. The predicted octanol–water partition coefficient (Wildman–Crippen LogP) is 3.42. The molecule has 6 heteroatoms. The van der Waals surface area contributed by atoms with Gasteiger partial charge in [0.15, 0.2) is 23.8 Å². The van der Waals surface area contributed by atoms with E-state index in [2.05, 4.69) is 0 Å². The second-order valence-corrected chi connectivity index (χ2v) is 9.56. The number of ketones is 2. The van der Waals surface area contributed by atoms with Crippen LogP contribution in [0.5, 0.6) is 0 Å². The molecule has 0 radical (unpaired) electrons. The van der Waals surface area contributed by atoms with E-state index < -0.39 is 34.5 Å². The molecule has 4 aliphatic rings. The molecule has 0 saturated heterocycles. The number of Topliss-reactive ketones (excluding diaryl/α,β-unsaturated/α-hetero) is 1. The highest BCUT2D eigenvalue weighted by atomic mass is 19.1. The summed E-state index contributed by atoms with van der Waals surface area (Å²) >= 11 is 0. The number of carbonyl (C=O) groups excluding carboxylic acids is 3. The largest absolute Gasteiger partial charge is 0.457 e. The second-order valence-electron chi connectivity index (χ2n) is 9.56. The number of halogens is 1. The van der Waals surface area contributed by atoms with Crippen LogP contribution in [0, 0.1) is 22.7 Å². The van der Waals surface area contributed by atoms with Crippen LogP contribution in [-0.2, 0) is 19.1 Å². The molecule has 2 fully saturated rings. The zero-order valence-corrected chi connectivity index (χ0v) is 17.7. The highest BCUT2D eigenvalue weighted by Gasteiger charge is 2.69. The summed E-state index contributed by atoms with van der Waals surface area (Å²) in [6.07, 6.45) is 7.11. The average Bonchev–Trinajstić information content (AvgIpc) is 3.04. The molecule has 0 bridgehead atoms. The molecule has 0 aromatic carbocycles. The maximum absolute atomic E-state index is 16.9. The van der Waals surface area contributed by atoms with Gasteiger partial charge in [0.1, 0.15) is 0 Å². The minimum atomic E-state index is -1.90. The van der Waals surface area contributed by atoms with Gasteiger partial charge in [0.25, 0.3) is 0 Å². The molecule has 0 amide bonds. The third-order valence-electron chi connectivity index (χ3n) is 8.18. The summed E-state index contributed by atoms with van der Waals surface area (Å²) in [5.41, 5.74) is -2.32. The number of esters is 1. The van der Waals surface area contributed by atoms with Crippen molar-refractivity contribution in [3.63, 3.8) is 0 Å². The summed E-state index contributed by atoms with van der Waals surface area (Å²) in [6.45, 7) is 5.04. The van der Waals surface area contributed by atoms with Crippen LogP contribution in [-0.4, -0.2) is 41.0 Å². The molecule has 2 saturated carbocycles. The second kappa shape index (κ2) is 6.98. The van der Waals surface area contributed by atoms with E-state index in [1.54, 1.807) is 19.9 Å². The van der Waals surface area contributed by atoms with Crippen molar-refractivity contribution in [3.05, 3.63) is 35.5 Å². The van der Waals surface area contributed by atoms with Gasteiger partial charge in [0.2, 0.25) is 0 Å². The van der Waals surface area contributed by atoms with E-state index in [4.69, 9.17) is 4.74 Å². The fourth-order valence-electron chi connectivity index (χ4n) is 6.54. The van der Waals surface area contributed by atoms with E-state index in [-0.39, 0.29) is 36.9 Å². The molecule has 30 heavy (non-hydrogen) atoms. The number of hydrogen-bond acceptors (Lipinski definition) is 5. The van der Waals surface area contributed by atoms with Crippen LogP contribution in [0.4, 0.5) is 4.39 Å². The Balaban J connectivity index is 1.65. The normalized spacial score (nSPS) is 41.9. The molecule has 0 aliphatic heterocycles. The van der Waals surface area contributed by atoms with Crippen LogP contribution in [0.1, 0.15) is 52.9 Å². The highest BCUT2D eigenvalue weighted by Crippen LogP contribution is 2.67. The molecule has 162 valence electrons. The molecule has 4 rings (SSSR count). The lowest BCUT2D eigenvalue weighted by molar-refractivity contribution is -0.185. The average molecular weight is 416 g/mol. The number of fused-ring (bicyclic) bond motifs is 5. The quantitative estimate of drug-likeness (QED) is 0.711. The van der Waals surface area contributed by atoms with Crippen LogP contribution in [0.15, 0.2) is 35.5 Å². The molecule has 0 heterocycles. The van der Waals surface area contributed by atoms with Crippen LogP contribution in [0.2, 0.25) is 0 Å². The predicted molar refractivity (Wildman–Crippen MR) is 108 cm³/mol. The van der Waals surface area contributed by atoms with Gasteiger partial charge in [-0.2, -0.15) is 0 Å². The summed E-state index contributed by atoms with van der Waals surface area (Å²) in [4.78, 5) is 36.1. The SMILES string of the molecule is CCC(=O)OCC(=O)C1=CC[C@H]2[C@H]3CCC4=CC(=O)C=C[C@]4(C)[C@@]3(F)[C@H](O)C[C@]12C. The van der Waals surface area contributed by atoms with Gasteiger partial charge in [0.05, 0.1) is 6.10 Å². The van der Waals surface area contributed by atoms with E-state index in [0.29, 0.717) is 24.8 Å². The van der Waals surface area contributed by atoms with Crippen molar-refractivity contribution in [3.8, 4) is 0 Å². The van der Waals surface area contributed by atoms with Gasteiger partial charge in [-0.1, -0.05) is 31.6 Å². The molecule has 6 atom stereocenters. The molecule has 0 unspecified atom stereocenters. The van der Waals surface area contributed by atoms with Gasteiger partial charge >= 0.3 is 5.97 Å². The van der Waals surface area contributed by atoms with Crippen molar-refractivity contribution in [2.45, 2.75) is 64.6 Å². The first-order valence-corrected chi connectivity index (χ1v) is 10.8. The van der Waals surface area contributed by atoms with Gasteiger partial charge in [-0.3, -0.25) is 14.4 Å². The van der Waals surface area contributed by atoms with Crippen molar-refractivity contribution in [1.29, 1.82) is 0 Å². The fourth-order valence-corrected chi connectivity index (χ4v) is 6.54. The number of hydrogen-bond donors (Lipinski definition) is 1. The zero-order chi connectivity index (χ0) is 21.9. The van der Waals surface area contributed by atoms with Gasteiger partial charge in [-0.15, -0.1) is 0 Å². The lowest BCUT2D eigenvalue weighted by Crippen LogP contribution is -2.66. The standard InChI is InChI=1S/C24H29FO5/c1-4-21(29)30-13-19(27)18-8-7-16-17-6-5-14-11-15(26)9-10-23(14,3)24(17,25)20(28)12-22(16,18)2/h8-11,16-17,20,28H,4-7,12-13H2,1-3H3/t16-,17+,20+,22-,23-,24-/m0/s1. The topological polar surface area (TPSA) is 80.7 Å². The van der Waals surface area contributed by atoms with Crippen LogP contribution < -0.4 is 0 Å². The number of ether oxygens (including phenoxy) is 1.